The van der Waals surface area contributed by atoms with Gasteiger partial charge in [-0.1, -0.05) is 28.1 Å². The third kappa shape index (κ3) is 6.42. The summed E-state index contributed by atoms with van der Waals surface area (Å²) >= 11 is 7.80. The van der Waals surface area contributed by atoms with Crippen molar-refractivity contribution in [1.82, 2.24) is 5.43 Å². The Morgan fingerprint density at radius 1 is 1.03 bits per heavy atom. The molecule has 0 aliphatic carbocycles. The number of amides is 1. The smallest absolute Gasteiger partial charge is 0.271 e. The van der Waals surface area contributed by atoms with Crippen LogP contribution in [0, 0.1) is 7.14 Å². The minimum Gasteiger partial charge on any atom is -0.496 e. The Morgan fingerprint density at radius 2 is 1.80 bits per heavy atom. The number of rotatable bonds is 7. The minimum absolute atomic E-state index is 0.301. The number of halogens is 3. The molecule has 0 spiro atoms. The van der Waals surface area contributed by atoms with E-state index < -0.39 is 0 Å². The molecule has 8 heteroatoms. The molecule has 0 bridgehead atoms. The SMILES string of the molecule is COc1cc(C(=O)N/N=C\c2ccc(OCc3ccc(Br)cc3)c(I)c2)ccc1I. The molecule has 3 rings (SSSR count). The van der Waals surface area contributed by atoms with E-state index in [1.165, 1.54) is 0 Å². The average molecular weight is 691 g/mol. The lowest BCUT2D eigenvalue weighted by Gasteiger charge is -2.09. The van der Waals surface area contributed by atoms with Crippen molar-refractivity contribution in [3.05, 3.63) is 89.0 Å². The number of carbonyl (C=O) groups is 1. The molecule has 0 atom stereocenters. The third-order valence-corrected chi connectivity index (χ3v) is 6.32. The van der Waals surface area contributed by atoms with Crippen molar-refractivity contribution in [1.29, 1.82) is 0 Å². The molecule has 1 amide bonds. The van der Waals surface area contributed by atoms with Crippen LogP contribution in [-0.2, 0) is 6.61 Å². The molecule has 154 valence electrons. The average Bonchev–Trinajstić information content (AvgIpc) is 2.74. The molecule has 0 aliphatic rings. The van der Waals surface area contributed by atoms with Crippen molar-refractivity contribution >= 4 is 73.2 Å². The van der Waals surface area contributed by atoms with Crippen LogP contribution in [0.4, 0.5) is 0 Å². The first-order valence-electron chi connectivity index (χ1n) is 8.80. The maximum Gasteiger partial charge on any atom is 0.271 e. The summed E-state index contributed by atoms with van der Waals surface area (Å²) < 4.78 is 14.1. The number of ether oxygens (including phenoxy) is 2. The Labute approximate surface area is 210 Å². The van der Waals surface area contributed by atoms with Gasteiger partial charge < -0.3 is 9.47 Å². The van der Waals surface area contributed by atoms with Crippen LogP contribution in [0.2, 0.25) is 0 Å². The first kappa shape index (κ1) is 23.0. The Hall–Kier alpha value is -1.66. The van der Waals surface area contributed by atoms with Crippen LogP contribution in [0.3, 0.4) is 0 Å². The Bertz CT molecular complexity index is 1070. The van der Waals surface area contributed by atoms with Gasteiger partial charge in [0.2, 0.25) is 0 Å². The lowest BCUT2D eigenvalue weighted by Crippen LogP contribution is -2.17. The number of nitrogens with one attached hydrogen (secondary N) is 1. The number of carbonyl (C=O) groups excluding carboxylic acids is 1. The van der Waals surface area contributed by atoms with Crippen LogP contribution in [0.25, 0.3) is 0 Å². The van der Waals surface area contributed by atoms with Crippen LogP contribution in [0.1, 0.15) is 21.5 Å². The molecule has 0 saturated heterocycles. The number of hydrogen-bond acceptors (Lipinski definition) is 4. The zero-order valence-electron chi connectivity index (χ0n) is 15.9. The number of methoxy groups -OCH3 is 1. The van der Waals surface area contributed by atoms with Crippen molar-refractivity contribution in [3.63, 3.8) is 0 Å². The number of benzene rings is 3. The van der Waals surface area contributed by atoms with Gasteiger partial charge in [-0.2, -0.15) is 5.10 Å². The quantitative estimate of drug-likeness (QED) is 0.188. The topological polar surface area (TPSA) is 59.9 Å². The largest absolute Gasteiger partial charge is 0.496 e. The molecule has 0 aliphatic heterocycles. The van der Waals surface area contributed by atoms with E-state index in [4.69, 9.17) is 9.47 Å². The Morgan fingerprint density at radius 3 is 2.50 bits per heavy atom. The predicted molar refractivity (Wildman–Crippen MR) is 138 cm³/mol. The first-order valence-corrected chi connectivity index (χ1v) is 11.7. The van der Waals surface area contributed by atoms with E-state index in [0.717, 1.165) is 28.5 Å². The molecule has 30 heavy (non-hydrogen) atoms. The fourth-order valence-corrected chi connectivity index (χ4v) is 4.00. The van der Waals surface area contributed by atoms with Crippen molar-refractivity contribution < 1.29 is 14.3 Å². The van der Waals surface area contributed by atoms with Crippen LogP contribution < -0.4 is 14.9 Å². The summed E-state index contributed by atoms with van der Waals surface area (Å²) in [6.45, 7) is 0.492. The van der Waals surface area contributed by atoms with Gasteiger partial charge in [-0.3, -0.25) is 4.79 Å². The molecule has 0 unspecified atom stereocenters. The maximum absolute atomic E-state index is 12.3. The number of hydrazone groups is 1. The van der Waals surface area contributed by atoms with Gasteiger partial charge in [-0.05, 0) is 105 Å². The molecule has 0 saturated carbocycles. The van der Waals surface area contributed by atoms with Gasteiger partial charge >= 0.3 is 0 Å². The molecule has 0 radical (unpaired) electrons. The van der Waals surface area contributed by atoms with E-state index >= 15 is 0 Å². The fraction of sp³-hybridized carbons (Fsp3) is 0.0909. The molecule has 0 heterocycles. The fourth-order valence-electron chi connectivity index (χ4n) is 2.49. The van der Waals surface area contributed by atoms with Crippen LogP contribution in [0.5, 0.6) is 11.5 Å². The van der Waals surface area contributed by atoms with E-state index in [1.807, 2.05) is 48.5 Å². The first-order chi connectivity index (χ1) is 14.5. The van der Waals surface area contributed by atoms with Crippen LogP contribution in [-0.4, -0.2) is 19.2 Å². The second-order valence-corrected chi connectivity index (χ2v) is 9.39. The molecule has 0 fully saturated rings. The molecule has 3 aromatic rings. The van der Waals surface area contributed by atoms with Crippen LogP contribution >= 0.6 is 61.1 Å². The minimum atomic E-state index is -0.301. The van der Waals surface area contributed by atoms with Gasteiger partial charge in [0.05, 0.1) is 20.5 Å². The summed E-state index contributed by atoms with van der Waals surface area (Å²) in [5.41, 5.74) is 4.97. The highest BCUT2D eigenvalue weighted by Crippen LogP contribution is 2.23. The van der Waals surface area contributed by atoms with Crippen molar-refractivity contribution in [2.45, 2.75) is 6.61 Å². The van der Waals surface area contributed by atoms with Gasteiger partial charge in [0, 0.05) is 10.0 Å². The van der Waals surface area contributed by atoms with Crippen molar-refractivity contribution in [3.8, 4) is 11.5 Å². The highest BCUT2D eigenvalue weighted by Gasteiger charge is 2.08. The summed E-state index contributed by atoms with van der Waals surface area (Å²) in [5.74, 6) is 1.15. The second kappa shape index (κ2) is 11.1. The zero-order chi connectivity index (χ0) is 21.5. The predicted octanol–water partition coefficient (Wildman–Crippen LogP) is 6.01. The standard InChI is InChI=1S/C22H17BrI2N2O3/c1-29-21-11-16(5-8-18(21)24)22(28)27-26-12-15-4-9-20(19(25)10-15)30-13-14-2-6-17(23)7-3-14/h2-12H,13H2,1H3,(H,27,28)/b26-12-. The molecule has 5 nitrogen and oxygen atoms in total. The normalized spacial score (nSPS) is 10.8. The molecular formula is C22H17BrI2N2O3. The number of hydrogen-bond donors (Lipinski definition) is 1. The summed E-state index contributed by atoms with van der Waals surface area (Å²) in [6.07, 6.45) is 1.60. The van der Waals surface area contributed by atoms with Gasteiger partial charge in [-0.25, -0.2) is 5.43 Å². The van der Waals surface area contributed by atoms with E-state index in [9.17, 15) is 4.79 Å². The van der Waals surface area contributed by atoms with Gasteiger partial charge in [0.15, 0.2) is 0 Å². The van der Waals surface area contributed by atoms with E-state index in [-0.39, 0.29) is 5.91 Å². The van der Waals surface area contributed by atoms with Gasteiger partial charge in [0.1, 0.15) is 18.1 Å². The van der Waals surface area contributed by atoms with E-state index in [0.29, 0.717) is 17.9 Å². The van der Waals surface area contributed by atoms with Gasteiger partial charge in [-0.15, -0.1) is 0 Å². The zero-order valence-corrected chi connectivity index (χ0v) is 21.8. The molecule has 0 aromatic heterocycles. The number of nitrogens with zero attached hydrogens (tertiary/aromatic N) is 1. The van der Waals surface area contributed by atoms with E-state index in [2.05, 4.69) is 71.6 Å². The third-order valence-electron chi connectivity index (χ3n) is 4.06. The maximum atomic E-state index is 12.3. The highest BCUT2D eigenvalue weighted by molar-refractivity contribution is 14.1. The summed E-state index contributed by atoms with van der Waals surface area (Å²) in [6, 6.07) is 19.0. The highest BCUT2D eigenvalue weighted by atomic mass is 127. The summed E-state index contributed by atoms with van der Waals surface area (Å²) in [5, 5.41) is 4.05. The summed E-state index contributed by atoms with van der Waals surface area (Å²) in [7, 11) is 1.57. The molecular weight excluding hydrogens is 674 g/mol. The lowest BCUT2D eigenvalue weighted by molar-refractivity contribution is 0.0954. The lowest BCUT2D eigenvalue weighted by atomic mass is 10.2. The Kier molecular flexibility index (Phi) is 8.51. The molecule has 3 aromatic carbocycles. The van der Waals surface area contributed by atoms with Gasteiger partial charge in [0.25, 0.3) is 5.91 Å². The second-order valence-electron chi connectivity index (χ2n) is 6.15. The monoisotopic (exact) mass is 690 g/mol. The van der Waals surface area contributed by atoms with Crippen molar-refractivity contribution in [2.75, 3.05) is 7.11 Å². The van der Waals surface area contributed by atoms with Crippen LogP contribution in [0.15, 0.2) is 70.2 Å². The van der Waals surface area contributed by atoms with E-state index in [1.54, 1.807) is 25.5 Å². The Balaban J connectivity index is 1.58. The summed E-state index contributed by atoms with van der Waals surface area (Å²) in [4.78, 5) is 12.3. The molecule has 1 N–H and O–H groups in total. The van der Waals surface area contributed by atoms with Crippen molar-refractivity contribution in [2.24, 2.45) is 5.10 Å².